The van der Waals surface area contributed by atoms with E-state index in [0.717, 1.165) is 0 Å². The second-order valence-corrected chi connectivity index (χ2v) is 3.77. The summed E-state index contributed by atoms with van der Waals surface area (Å²) in [5.74, 6) is 1.01. The van der Waals surface area contributed by atoms with E-state index < -0.39 is 0 Å². The first-order chi connectivity index (χ1) is 7.88. The topological polar surface area (TPSA) is 69.4 Å². The first-order valence-electron chi connectivity index (χ1n) is 5.20. The first-order valence-corrected chi connectivity index (χ1v) is 5.73. The highest BCUT2D eigenvalue weighted by Gasteiger charge is 2.15. The highest BCUT2D eigenvalue weighted by molar-refractivity contribution is 6.17. The van der Waals surface area contributed by atoms with E-state index in [1.54, 1.807) is 0 Å². The fourth-order valence-electron chi connectivity index (χ4n) is 1.36. The van der Waals surface area contributed by atoms with Crippen molar-refractivity contribution >= 4 is 17.6 Å². The predicted octanol–water partition coefficient (Wildman–Crippen LogP) is 0.678. The van der Waals surface area contributed by atoms with Crippen molar-refractivity contribution in [2.24, 2.45) is 0 Å². The van der Waals surface area contributed by atoms with Crippen molar-refractivity contribution in [1.29, 1.82) is 0 Å². The lowest BCUT2D eigenvalue weighted by atomic mass is 10.3. The predicted molar refractivity (Wildman–Crippen MR) is 57.8 cm³/mol. The number of anilines is 1. The van der Waals surface area contributed by atoms with Crippen molar-refractivity contribution in [3.8, 4) is 0 Å². The summed E-state index contributed by atoms with van der Waals surface area (Å²) in [6, 6.07) is 0.397. The lowest BCUT2D eigenvalue weighted by Crippen LogP contribution is -2.34. The summed E-state index contributed by atoms with van der Waals surface area (Å²) in [4.78, 5) is 0. The van der Waals surface area contributed by atoms with Crippen LogP contribution in [0.15, 0.2) is 4.42 Å². The highest BCUT2D eigenvalue weighted by atomic mass is 35.5. The molecule has 1 aromatic heterocycles. The Morgan fingerprint density at radius 2 is 2.31 bits per heavy atom. The summed E-state index contributed by atoms with van der Waals surface area (Å²) in [5, 5.41) is 10.7. The van der Waals surface area contributed by atoms with Crippen molar-refractivity contribution < 1.29 is 13.9 Å². The van der Waals surface area contributed by atoms with Crippen LogP contribution in [0.3, 0.4) is 0 Å². The second kappa shape index (κ2) is 6.03. The summed E-state index contributed by atoms with van der Waals surface area (Å²) in [7, 11) is 0. The van der Waals surface area contributed by atoms with E-state index in [9.17, 15) is 0 Å². The molecule has 1 aromatic rings. The molecule has 1 aliphatic rings. The molecule has 1 atom stereocenters. The van der Waals surface area contributed by atoms with Crippen molar-refractivity contribution in [3.05, 3.63) is 5.89 Å². The zero-order chi connectivity index (χ0) is 11.2. The second-order valence-electron chi connectivity index (χ2n) is 3.39. The molecule has 1 aliphatic heterocycles. The summed E-state index contributed by atoms with van der Waals surface area (Å²) >= 11 is 5.56. The zero-order valence-electron chi connectivity index (χ0n) is 8.82. The number of rotatable bonds is 5. The van der Waals surface area contributed by atoms with Crippen LogP contribution in [-0.4, -0.2) is 48.5 Å². The van der Waals surface area contributed by atoms with Crippen LogP contribution in [0.5, 0.6) is 0 Å². The number of nitrogens with one attached hydrogen (secondary N) is 1. The van der Waals surface area contributed by atoms with E-state index in [4.69, 9.17) is 25.5 Å². The molecule has 6 nitrogen and oxygen atoms in total. The lowest BCUT2D eigenvalue weighted by Gasteiger charge is -2.22. The van der Waals surface area contributed by atoms with Gasteiger partial charge in [-0.1, -0.05) is 5.10 Å². The first kappa shape index (κ1) is 11.6. The molecule has 0 amide bonds. The Hall–Kier alpha value is -0.850. The van der Waals surface area contributed by atoms with E-state index >= 15 is 0 Å². The third-order valence-electron chi connectivity index (χ3n) is 2.14. The van der Waals surface area contributed by atoms with Crippen LogP contribution in [0, 0.1) is 0 Å². The Morgan fingerprint density at radius 1 is 1.38 bits per heavy atom. The monoisotopic (exact) mass is 247 g/mol. The van der Waals surface area contributed by atoms with E-state index in [1.165, 1.54) is 0 Å². The van der Waals surface area contributed by atoms with E-state index in [0.29, 0.717) is 50.6 Å². The summed E-state index contributed by atoms with van der Waals surface area (Å²) < 4.78 is 16.0. The number of aryl methyl sites for hydroxylation is 1. The average Bonchev–Trinajstić information content (AvgIpc) is 2.76. The Balaban J connectivity index is 1.75. The van der Waals surface area contributed by atoms with Gasteiger partial charge in [0.2, 0.25) is 5.89 Å². The van der Waals surface area contributed by atoms with Crippen LogP contribution >= 0.6 is 11.6 Å². The summed E-state index contributed by atoms with van der Waals surface area (Å²) in [6.45, 7) is 2.49. The number of hydrogen-bond acceptors (Lipinski definition) is 6. The van der Waals surface area contributed by atoms with Crippen LogP contribution in [0.2, 0.25) is 0 Å². The SMILES string of the molecule is ClCCc1nnc(NCC2COCCO2)o1. The maximum Gasteiger partial charge on any atom is 0.315 e. The molecule has 0 spiro atoms. The maximum atomic E-state index is 5.56. The van der Waals surface area contributed by atoms with Gasteiger partial charge < -0.3 is 19.2 Å². The van der Waals surface area contributed by atoms with E-state index in [1.807, 2.05) is 0 Å². The van der Waals surface area contributed by atoms with Crippen LogP contribution in [0.1, 0.15) is 5.89 Å². The molecule has 0 aliphatic carbocycles. The Morgan fingerprint density at radius 3 is 3.06 bits per heavy atom. The van der Waals surface area contributed by atoms with Crippen LogP contribution in [0.4, 0.5) is 6.01 Å². The fraction of sp³-hybridized carbons (Fsp3) is 0.778. The highest BCUT2D eigenvalue weighted by Crippen LogP contribution is 2.08. The van der Waals surface area contributed by atoms with Gasteiger partial charge in [0, 0.05) is 18.8 Å². The van der Waals surface area contributed by atoms with Crippen molar-refractivity contribution in [2.45, 2.75) is 12.5 Å². The van der Waals surface area contributed by atoms with Gasteiger partial charge in [0.25, 0.3) is 0 Å². The smallest absolute Gasteiger partial charge is 0.315 e. The van der Waals surface area contributed by atoms with Crippen molar-refractivity contribution in [2.75, 3.05) is 37.6 Å². The van der Waals surface area contributed by atoms with Crippen molar-refractivity contribution in [1.82, 2.24) is 10.2 Å². The molecule has 0 radical (unpaired) electrons. The average molecular weight is 248 g/mol. The quantitative estimate of drug-likeness (QED) is 0.772. The normalized spacial score (nSPS) is 20.9. The van der Waals surface area contributed by atoms with Gasteiger partial charge in [-0.3, -0.25) is 0 Å². The van der Waals surface area contributed by atoms with Crippen LogP contribution < -0.4 is 5.32 Å². The minimum Gasteiger partial charge on any atom is -0.408 e. The molecule has 0 bridgehead atoms. The molecule has 7 heteroatoms. The molecule has 90 valence electrons. The largest absolute Gasteiger partial charge is 0.408 e. The number of halogens is 1. The van der Waals surface area contributed by atoms with Gasteiger partial charge in [0.1, 0.15) is 0 Å². The maximum absolute atomic E-state index is 5.56. The van der Waals surface area contributed by atoms with E-state index in [2.05, 4.69) is 15.5 Å². The minimum atomic E-state index is 0.0390. The minimum absolute atomic E-state index is 0.0390. The molecule has 1 saturated heterocycles. The van der Waals surface area contributed by atoms with Crippen molar-refractivity contribution in [3.63, 3.8) is 0 Å². The molecule has 1 fully saturated rings. The Labute approximate surface area is 98.3 Å². The van der Waals surface area contributed by atoms with Gasteiger partial charge in [-0.15, -0.1) is 16.7 Å². The van der Waals surface area contributed by atoms with E-state index in [-0.39, 0.29) is 6.10 Å². The molecule has 0 saturated carbocycles. The molecule has 16 heavy (non-hydrogen) atoms. The summed E-state index contributed by atoms with van der Waals surface area (Å²) in [5.41, 5.74) is 0. The number of aromatic nitrogens is 2. The molecule has 0 aromatic carbocycles. The number of alkyl halides is 1. The molecule has 1 N–H and O–H groups in total. The van der Waals surface area contributed by atoms with Crippen LogP contribution in [-0.2, 0) is 15.9 Å². The molecular weight excluding hydrogens is 234 g/mol. The molecule has 2 rings (SSSR count). The van der Waals surface area contributed by atoms with Gasteiger partial charge in [-0.05, 0) is 0 Å². The lowest BCUT2D eigenvalue weighted by molar-refractivity contribution is -0.0820. The summed E-state index contributed by atoms with van der Waals surface area (Å²) in [6.07, 6.45) is 0.622. The van der Waals surface area contributed by atoms with Gasteiger partial charge in [-0.2, -0.15) is 0 Å². The van der Waals surface area contributed by atoms with Gasteiger partial charge in [0.05, 0.1) is 25.9 Å². The Kier molecular flexibility index (Phi) is 4.38. The third-order valence-corrected chi connectivity index (χ3v) is 2.33. The molecule has 1 unspecified atom stereocenters. The number of ether oxygens (including phenoxy) is 2. The fourth-order valence-corrected chi connectivity index (χ4v) is 1.52. The third kappa shape index (κ3) is 3.33. The molecule has 2 heterocycles. The van der Waals surface area contributed by atoms with Gasteiger partial charge in [-0.25, -0.2) is 0 Å². The van der Waals surface area contributed by atoms with Gasteiger partial charge in [0.15, 0.2) is 0 Å². The number of nitrogens with zero attached hydrogens (tertiary/aromatic N) is 2. The molecular formula is C9H14ClN3O3. The van der Waals surface area contributed by atoms with Crippen LogP contribution in [0.25, 0.3) is 0 Å². The number of hydrogen-bond donors (Lipinski definition) is 1. The Bertz CT molecular complexity index is 315. The zero-order valence-corrected chi connectivity index (χ0v) is 9.57. The van der Waals surface area contributed by atoms with Gasteiger partial charge >= 0.3 is 6.01 Å². The standard InChI is InChI=1S/C9H14ClN3O3/c10-2-1-8-12-13-9(16-8)11-5-7-6-14-3-4-15-7/h7H,1-6H2,(H,11,13).